The second-order valence-corrected chi connectivity index (χ2v) is 3.05. The van der Waals surface area contributed by atoms with Crippen molar-refractivity contribution in [3.05, 3.63) is 29.3 Å². The van der Waals surface area contributed by atoms with Crippen LogP contribution in [0.3, 0.4) is 0 Å². The van der Waals surface area contributed by atoms with E-state index >= 15 is 0 Å². The highest BCUT2D eigenvalue weighted by atomic mass is 19.4. The average molecular weight is 219 g/mol. The van der Waals surface area contributed by atoms with Crippen molar-refractivity contribution in [2.45, 2.75) is 12.7 Å². The smallest absolute Gasteiger partial charge is 0.416 e. The summed E-state index contributed by atoms with van der Waals surface area (Å²) in [6.45, 7) is 0.179. The lowest BCUT2D eigenvalue weighted by Crippen LogP contribution is -2.14. The first-order valence-electron chi connectivity index (χ1n) is 4.37. The zero-order chi connectivity index (χ0) is 11.5. The van der Waals surface area contributed by atoms with Crippen molar-refractivity contribution in [2.75, 3.05) is 14.2 Å². The van der Waals surface area contributed by atoms with Crippen LogP contribution in [0.1, 0.15) is 11.1 Å². The van der Waals surface area contributed by atoms with E-state index in [9.17, 15) is 13.2 Å². The Labute approximate surface area is 86.1 Å². The second kappa shape index (κ2) is 4.53. The summed E-state index contributed by atoms with van der Waals surface area (Å²) in [5.41, 5.74) is -0.443. The third-order valence-corrected chi connectivity index (χ3v) is 1.99. The maximum absolute atomic E-state index is 12.6. The highest BCUT2D eigenvalue weighted by molar-refractivity contribution is 5.37. The largest absolute Gasteiger partial charge is 0.497 e. The van der Waals surface area contributed by atoms with E-state index in [1.165, 1.54) is 19.2 Å². The zero-order valence-corrected chi connectivity index (χ0v) is 8.48. The summed E-state index contributed by atoms with van der Waals surface area (Å²) >= 11 is 0. The van der Waals surface area contributed by atoms with Crippen LogP contribution in [0, 0.1) is 0 Å². The van der Waals surface area contributed by atoms with E-state index in [1.54, 1.807) is 7.05 Å². The predicted octanol–water partition coefficient (Wildman–Crippen LogP) is 2.43. The van der Waals surface area contributed by atoms with Gasteiger partial charge in [0.15, 0.2) is 0 Å². The highest BCUT2D eigenvalue weighted by Crippen LogP contribution is 2.34. The van der Waals surface area contributed by atoms with Crippen LogP contribution in [0.2, 0.25) is 0 Å². The van der Waals surface area contributed by atoms with Gasteiger partial charge in [0.2, 0.25) is 0 Å². The van der Waals surface area contributed by atoms with Gasteiger partial charge < -0.3 is 10.1 Å². The minimum absolute atomic E-state index is 0.179. The Bertz CT molecular complexity index is 336. The number of benzene rings is 1. The summed E-state index contributed by atoms with van der Waals surface area (Å²) in [5, 5.41) is 2.69. The fraction of sp³-hybridized carbons (Fsp3) is 0.400. The van der Waals surface area contributed by atoms with E-state index in [1.807, 2.05) is 0 Å². The molecule has 0 saturated carbocycles. The van der Waals surface area contributed by atoms with Gasteiger partial charge in [0.05, 0.1) is 12.7 Å². The minimum Gasteiger partial charge on any atom is -0.497 e. The molecule has 1 aromatic carbocycles. The Kier molecular flexibility index (Phi) is 3.57. The van der Waals surface area contributed by atoms with E-state index in [4.69, 9.17) is 4.74 Å². The van der Waals surface area contributed by atoms with Crippen molar-refractivity contribution < 1.29 is 17.9 Å². The minimum atomic E-state index is -4.35. The van der Waals surface area contributed by atoms with Crippen molar-refractivity contribution in [3.8, 4) is 5.75 Å². The number of ether oxygens (including phenoxy) is 1. The van der Waals surface area contributed by atoms with Crippen molar-refractivity contribution in [2.24, 2.45) is 0 Å². The van der Waals surface area contributed by atoms with Crippen LogP contribution in [0.15, 0.2) is 18.2 Å². The van der Waals surface area contributed by atoms with Crippen LogP contribution in [0.4, 0.5) is 13.2 Å². The predicted molar refractivity (Wildman–Crippen MR) is 50.8 cm³/mol. The van der Waals surface area contributed by atoms with Crippen LogP contribution < -0.4 is 10.1 Å². The van der Waals surface area contributed by atoms with Gasteiger partial charge in [-0.05, 0) is 24.7 Å². The van der Waals surface area contributed by atoms with Gasteiger partial charge in [0, 0.05) is 6.54 Å². The molecular weight excluding hydrogens is 207 g/mol. The summed E-state index contributed by atoms with van der Waals surface area (Å²) in [6.07, 6.45) is -4.35. The number of hydrogen-bond donors (Lipinski definition) is 1. The molecule has 0 aliphatic carbocycles. The van der Waals surface area contributed by atoms with E-state index in [0.717, 1.165) is 6.07 Å². The summed E-state index contributed by atoms with van der Waals surface area (Å²) in [7, 11) is 2.94. The molecule has 0 aliphatic heterocycles. The van der Waals surface area contributed by atoms with Crippen LogP contribution in [-0.2, 0) is 12.7 Å². The van der Waals surface area contributed by atoms with Crippen LogP contribution in [0.25, 0.3) is 0 Å². The molecule has 0 unspecified atom stereocenters. The Balaban J connectivity index is 3.16. The summed E-state index contributed by atoms with van der Waals surface area (Å²) < 4.78 is 42.6. The average Bonchev–Trinajstić information content (AvgIpc) is 2.17. The molecule has 5 heteroatoms. The number of alkyl halides is 3. The standard InChI is InChI=1S/C10H12F3NO/c1-14-6-7-3-4-8(15-2)5-9(7)10(11,12)13/h3-5,14H,6H2,1-2H3. The number of hydrogen-bond acceptors (Lipinski definition) is 2. The molecule has 1 N–H and O–H groups in total. The van der Waals surface area contributed by atoms with E-state index in [0.29, 0.717) is 0 Å². The number of halogens is 3. The highest BCUT2D eigenvalue weighted by Gasteiger charge is 2.33. The van der Waals surface area contributed by atoms with Crippen LogP contribution in [-0.4, -0.2) is 14.2 Å². The monoisotopic (exact) mass is 219 g/mol. The molecule has 0 heterocycles. The van der Waals surface area contributed by atoms with E-state index in [-0.39, 0.29) is 17.9 Å². The molecule has 0 fully saturated rings. The normalized spacial score (nSPS) is 11.5. The molecule has 2 nitrogen and oxygen atoms in total. The molecule has 1 aromatic rings. The molecule has 0 radical (unpaired) electrons. The first kappa shape index (κ1) is 11.8. The summed E-state index contributed by atoms with van der Waals surface area (Å²) in [6, 6.07) is 3.94. The second-order valence-electron chi connectivity index (χ2n) is 3.05. The number of nitrogens with one attached hydrogen (secondary N) is 1. The molecule has 0 atom stereocenters. The van der Waals surface area contributed by atoms with Crippen molar-refractivity contribution in [1.29, 1.82) is 0 Å². The van der Waals surface area contributed by atoms with Crippen LogP contribution >= 0.6 is 0 Å². The molecular formula is C10H12F3NO. The van der Waals surface area contributed by atoms with Gasteiger partial charge in [0.1, 0.15) is 5.75 Å². The molecule has 0 amide bonds. The van der Waals surface area contributed by atoms with Crippen molar-refractivity contribution in [1.82, 2.24) is 5.32 Å². The molecule has 84 valence electrons. The van der Waals surface area contributed by atoms with Gasteiger partial charge in [-0.2, -0.15) is 13.2 Å². The Hall–Kier alpha value is -1.23. The van der Waals surface area contributed by atoms with Gasteiger partial charge in [-0.25, -0.2) is 0 Å². The molecule has 0 aliphatic rings. The third-order valence-electron chi connectivity index (χ3n) is 1.99. The maximum atomic E-state index is 12.6. The Morgan fingerprint density at radius 2 is 2.00 bits per heavy atom. The third kappa shape index (κ3) is 2.86. The molecule has 1 rings (SSSR count). The first-order chi connectivity index (χ1) is 6.99. The quantitative estimate of drug-likeness (QED) is 0.843. The van der Waals surface area contributed by atoms with Crippen LogP contribution in [0.5, 0.6) is 5.75 Å². The topological polar surface area (TPSA) is 21.3 Å². The maximum Gasteiger partial charge on any atom is 0.416 e. The molecule has 0 spiro atoms. The van der Waals surface area contributed by atoms with Gasteiger partial charge >= 0.3 is 6.18 Å². The summed E-state index contributed by atoms with van der Waals surface area (Å²) in [4.78, 5) is 0. The van der Waals surface area contributed by atoms with Gasteiger partial charge in [0.25, 0.3) is 0 Å². The molecule has 0 aromatic heterocycles. The Morgan fingerprint density at radius 3 is 2.47 bits per heavy atom. The fourth-order valence-electron chi connectivity index (χ4n) is 1.29. The Morgan fingerprint density at radius 1 is 1.33 bits per heavy atom. The lowest BCUT2D eigenvalue weighted by Gasteiger charge is -2.13. The SMILES string of the molecule is CNCc1ccc(OC)cc1C(F)(F)F. The number of rotatable bonds is 3. The van der Waals surface area contributed by atoms with Gasteiger partial charge in [-0.15, -0.1) is 0 Å². The first-order valence-corrected chi connectivity index (χ1v) is 4.37. The van der Waals surface area contributed by atoms with Crippen molar-refractivity contribution in [3.63, 3.8) is 0 Å². The lowest BCUT2D eigenvalue weighted by molar-refractivity contribution is -0.138. The molecule has 15 heavy (non-hydrogen) atoms. The fourth-order valence-corrected chi connectivity index (χ4v) is 1.29. The van der Waals surface area contributed by atoms with Gasteiger partial charge in [-0.3, -0.25) is 0 Å². The molecule has 0 bridgehead atoms. The molecule has 0 saturated heterocycles. The summed E-state index contributed by atoms with van der Waals surface area (Å²) in [5.74, 6) is 0.210. The lowest BCUT2D eigenvalue weighted by atomic mass is 10.1. The van der Waals surface area contributed by atoms with Crippen molar-refractivity contribution >= 4 is 0 Å². The van der Waals surface area contributed by atoms with E-state index in [2.05, 4.69) is 5.32 Å². The van der Waals surface area contributed by atoms with Gasteiger partial charge in [-0.1, -0.05) is 6.07 Å². The van der Waals surface area contributed by atoms with E-state index < -0.39 is 11.7 Å². The number of methoxy groups -OCH3 is 1. The zero-order valence-electron chi connectivity index (χ0n) is 8.48.